The first-order valence-corrected chi connectivity index (χ1v) is 22.5. The van der Waals surface area contributed by atoms with Gasteiger partial charge in [-0.15, -0.1) is 11.3 Å². The third kappa shape index (κ3) is 14.9. The van der Waals surface area contributed by atoms with Crippen LogP contribution in [0, 0.1) is 19.3 Å². The molecule has 2 aromatic carbocycles. The van der Waals surface area contributed by atoms with Crippen molar-refractivity contribution < 1.29 is 38.6 Å². The lowest BCUT2D eigenvalue weighted by Crippen LogP contribution is -2.57. The number of ether oxygens (including phenoxy) is 2. The number of aromatic nitrogens is 1. The number of hydrogen-bond acceptors (Lipinski definition) is 10. The standard InChI is InChI=1S/C47H68N6O8S/c1-28-23-32(26-60-31(4)37(21-22-39(48)55)51-45(59)61-47(8,9)10)15-16-33(28)13-11-12-14-40(56)52-42(46(5,6)7)44(58)53-25-36(54)24-38(53)43(57)50-29(2)34-17-19-35(20-18-34)41-30(3)49-27-62-41/h15-20,23,27,29,31,36-38,42,54H,11-14,21-22,24-26H2,1-10H3,(H2,48,55)(H,50,57)(H,51,59)(H,52,56)/t29-,31+,36+,37-,38-,42+/m0/s1. The van der Waals surface area contributed by atoms with E-state index in [1.165, 1.54) is 4.90 Å². The number of β-amino-alcohol motifs (C(OH)–C–C–N with tert-alkyl or cyclic N) is 1. The monoisotopic (exact) mass is 876 g/mol. The van der Waals surface area contributed by atoms with Gasteiger partial charge in [-0.3, -0.25) is 19.2 Å². The summed E-state index contributed by atoms with van der Waals surface area (Å²) in [6, 6.07) is 11.5. The topological polar surface area (TPSA) is 202 Å². The van der Waals surface area contributed by atoms with Crippen LogP contribution in [0.15, 0.2) is 48.0 Å². The van der Waals surface area contributed by atoms with Gasteiger partial charge < -0.3 is 41.2 Å². The molecule has 1 saturated heterocycles. The molecule has 2 heterocycles. The van der Waals surface area contributed by atoms with Crippen LogP contribution in [0.5, 0.6) is 0 Å². The van der Waals surface area contributed by atoms with Crippen LogP contribution in [0.25, 0.3) is 10.4 Å². The van der Waals surface area contributed by atoms with E-state index in [0.717, 1.165) is 51.2 Å². The summed E-state index contributed by atoms with van der Waals surface area (Å²) in [5.74, 6) is -1.47. The van der Waals surface area contributed by atoms with E-state index >= 15 is 0 Å². The first-order chi connectivity index (χ1) is 29.0. The van der Waals surface area contributed by atoms with Gasteiger partial charge in [-0.25, -0.2) is 9.78 Å². The molecule has 0 aliphatic carbocycles. The van der Waals surface area contributed by atoms with Crippen LogP contribution >= 0.6 is 11.3 Å². The number of hydrogen-bond donors (Lipinski definition) is 5. The van der Waals surface area contributed by atoms with Gasteiger partial charge in [-0.05, 0) is 107 Å². The lowest BCUT2D eigenvalue weighted by atomic mass is 9.85. The number of unbranched alkanes of at least 4 members (excludes halogenated alkanes) is 1. The number of aliphatic hydroxyl groups is 1. The number of aryl methyl sites for hydroxylation is 3. The van der Waals surface area contributed by atoms with Crippen molar-refractivity contribution in [3.8, 4) is 10.4 Å². The summed E-state index contributed by atoms with van der Waals surface area (Å²) >= 11 is 1.58. The Morgan fingerprint density at radius 3 is 2.24 bits per heavy atom. The highest BCUT2D eigenvalue weighted by Gasteiger charge is 2.44. The second-order valence-corrected chi connectivity index (χ2v) is 19.5. The Bertz CT molecular complexity index is 2010. The normalized spacial score (nSPS) is 17.4. The molecule has 1 aliphatic heterocycles. The molecular formula is C47H68N6O8S. The fraction of sp³-hybridized carbons (Fsp3) is 0.574. The number of nitrogens with two attached hydrogens (primary N) is 1. The van der Waals surface area contributed by atoms with Crippen molar-refractivity contribution in [2.75, 3.05) is 6.54 Å². The molecule has 340 valence electrons. The van der Waals surface area contributed by atoms with E-state index in [4.69, 9.17) is 15.2 Å². The lowest BCUT2D eigenvalue weighted by molar-refractivity contribution is -0.144. The van der Waals surface area contributed by atoms with E-state index in [1.54, 1.807) is 32.1 Å². The molecule has 0 radical (unpaired) electrons. The summed E-state index contributed by atoms with van der Waals surface area (Å²) in [4.78, 5) is 71.9. The number of carbonyl (C=O) groups is 5. The third-order valence-corrected chi connectivity index (χ3v) is 12.0. The van der Waals surface area contributed by atoms with Crippen LogP contribution < -0.4 is 21.7 Å². The minimum atomic E-state index is -0.901. The molecule has 3 aromatic rings. The number of alkyl carbamates (subject to hydrolysis) is 1. The molecule has 0 unspecified atom stereocenters. The highest BCUT2D eigenvalue weighted by molar-refractivity contribution is 7.13. The summed E-state index contributed by atoms with van der Waals surface area (Å²) in [5, 5.41) is 19.5. The Kier molecular flexibility index (Phi) is 17.6. The number of likely N-dealkylation sites (tertiary alicyclic amines) is 1. The van der Waals surface area contributed by atoms with Crippen molar-refractivity contribution in [1.82, 2.24) is 25.8 Å². The highest BCUT2D eigenvalue weighted by Crippen LogP contribution is 2.30. The van der Waals surface area contributed by atoms with E-state index in [1.807, 2.05) is 84.3 Å². The summed E-state index contributed by atoms with van der Waals surface area (Å²) < 4.78 is 11.5. The van der Waals surface area contributed by atoms with E-state index in [0.29, 0.717) is 19.4 Å². The van der Waals surface area contributed by atoms with Crippen LogP contribution in [0.4, 0.5) is 4.79 Å². The van der Waals surface area contributed by atoms with Gasteiger partial charge in [0, 0.05) is 25.8 Å². The second-order valence-electron chi connectivity index (χ2n) is 18.6. The number of nitrogens with zero attached hydrogens (tertiary/aromatic N) is 2. The zero-order chi connectivity index (χ0) is 45.9. The smallest absolute Gasteiger partial charge is 0.407 e. The van der Waals surface area contributed by atoms with E-state index in [-0.39, 0.29) is 43.7 Å². The minimum absolute atomic E-state index is 0.00270. The van der Waals surface area contributed by atoms with Crippen molar-refractivity contribution in [2.45, 2.75) is 163 Å². The van der Waals surface area contributed by atoms with Gasteiger partial charge in [0.15, 0.2) is 0 Å². The molecule has 6 atom stereocenters. The number of amides is 5. The first-order valence-electron chi connectivity index (χ1n) is 21.6. The van der Waals surface area contributed by atoms with Gasteiger partial charge in [0.25, 0.3) is 0 Å². The molecule has 1 aliphatic rings. The Morgan fingerprint density at radius 1 is 0.952 bits per heavy atom. The fourth-order valence-corrected chi connectivity index (χ4v) is 8.31. The maximum atomic E-state index is 14.1. The van der Waals surface area contributed by atoms with Gasteiger partial charge in [-0.2, -0.15) is 0 Å². The summed E-state index contributed by atoms with van der Waals surface area (Å²) in [5.41, 5.74) is 12.0. The van der Waals surface area contributed by atoms with Crippen LogP contribution in [0.1, 0.15) is 128 Å². The second kappa shape index (κ2) is 22.0. The van der Waals surface area contributed by atoms with Crippen LogP contribution in [0.2, 0.25) is 0 Å². The SMILES string of the molecule is Cc1cc(CO[C@H](C)[C@H](CCC(N)=O)NC(=O)OC(C)(C)C)ccc1CCCCC(=O)N[C@H](C(=O)N1C[C@H](O)C[C@H]1C(=O)N[C@@H](C)c1ccc(-c2scnc2C)cc1)C(C)(C)C. The van der Waals surface area contributed by atoms with Crippen LogP contribution in [-0.2, 0) is 41.7 Å². The van der Waals surface area contributed by atoms with Gasteiger partial charge in [0.2, 0.25) is 23.6 Å². The molecule has 15 heteroatoms. The van der Waals surface area contributed by atoms with Crippen molar-refractivity contribution in [3.05, 3.63) is 75.9 Å². The average molecular weight is 877 g/mol. The summed E-state index contributed by atoms with van der Waals surface area (Å²) in [6.45, 7) is 19.0. The Balaban J connectivity index is 1.27. The molecule has 1 fully saturated rings. The Hall–Kier alpha value is -4.86. The highest BCUT2D eigenvalue weighted by atomic mass is 32.1. The number of primary amides is 1. The van der Waals surface area contributed by atoms with Crippen LogP contribution in [-0.4, -0.2) is 87.2 Å². The zero-order valence-electron chi connectivity index (χ0n) is 38.1. The number of thiazole rings is 1. The van der Waals surface area contributed by atoms with Crippen molar-refractivity contribution in [2.24, 2.45) is 11.1 Å². The van der Waals surface area contributed by atoms with Gasteiger partial charge in [0.05, 0.1) is 47.0 Å². The molecule has 0 bridgehead atoms. The molecule has 5 amide bonds. The Labute approximate surface area is 371 Å². The van der Waals surface area contributed by atoms with Crippen LogP contribution in [0.3, 0.4) is 0 Å². The lowest BCUT2D eigenvalue weighted by Gasteiger charge is -2.35. The summed E-state index contributed by atoms with van der Waals surface area (Å²) in [7, 11) is 0. The molecule has 6 N–H and O–H groups in total. The first kappa shape index (κ1) is 49.8. The molecule has 14 nitrogen and oxygen atoms in total. The number of nitrogens with one attached hydrogen (secondary N) is 3. The molecular weight excluding hydrogens is 809 g/mol. The quantitative estimate of drug-likeness (QED) is 0.0826. The fourth-order valence-electron chi connectivity index (χ4n) is 7.50. The number of aliphatic hydroxyl groups excluding tert-OH is 1. The maximum Gasteiger partial charge on any atom is 0.407 e. The molecule has 0 spiro atoms. The van der Waals surface area contributed by atoms with E-state index < -0.39 is 59.3 Å². The van der Waals surface area contributed by atoms with Gasteiger partial charge in [0.1, 0.15) is 17.7 Å². The van der Waals surface area contributed by atoms with Crippen molar-refractivity contribution in [1.29, 1.82) is 0 Å². The number of rotatable bonds is 19. The Morgan fingerprint density at radius 2 is 1.65 bits per heavy atom. The largest absolute Gasteiger partial charge is 0.444 e. The zero-order valence-corrected chi connectivity index (χ0v) is 38.9. The van der Waals surface area contributed by atoms with Crippen molar-refractivity contribution >= 4 is 41.1 Å². The summed E-state index contributed by atoms with van der Waals surface area (Å²) in [6.07, 6.45) is 0.966. The predicted molar refractivity (Wildman–Crippen MR) is 241 cm³/mol. The number of benzene rings is 2. The molecule has 0 saturated carbocycles. The minimum Gasteiger partial charge on any atom is -0.444 e. The molecule has 1 aromatic heterocycles. The molecule has 62 heavy (non-hydrogen) atoms. The van der Waals surface area contributed by atoms with E-state index in [2.05, 4.69) is 33.1 Å². The predicted octanol–water partition coefficient (Wildman–Crippen LogP) is 6.57. The van der Waals surface area contributed by atoms with Gasteiger partial charge in [-0.1, -0.05) is 63.2 Å². The van der Waals surface area contributed by atoms with Crippen molar-refractivity contribution in [3.63, 3.8) is 0 Å². The van der Waals surface area contributed by atoms with E-state index in [9.17, 15) is 29.1 Å². The molecule has 4 rings (SSSR count). The number of carbonyl (C=O) groups excluding carboxylic acids is 5. The average Bonchev–Trinajstić information content (AvgIpc) is 3.80. The van der Waals surface area contributed by atoms with Gasteiger partial charge >= 0.3 is 6.09 Å². The third-order valence-electron chi connectivity index (χ3n) is 11.1. The maximum absolute atomic E-state index is 14.1.